The number of aliphatic hydroxyl groups is 1. The van der Waals surface area contributed by atoms with Gasteiger partial charge in [-0.05, 0) is 46.1 Å². The van der Waals surface area contributed by atoms with E-state index in [-0.39, 0.29) is 30.3 Å². The maximum absolute atomic E-state index is 12.4. The molecule has 0 saturated heterocycles. The average molecular weight is 438 g/mol. The van der Waals surface area contributed by atoms with E-state index in [9.17, 15) is 19.7 Å². The fourth-order valence-corrected chi connectivity index (χ4v) is 2.36. The summed E-state index contributed by atoms with van der Waals surface area (Å²) in [6.07, 6.45) is 1.66. The van der Waals surface area contributed by atoms with E-state index >= 15 is 0 Å². The topological polar surface area (TPSA) is 135 Å². The fourth-order valence-electron chi connectivity index (χ4n) is 2.05. The van der Waals surface area contributed by atoms with E-state index in [0.717, 1.165) is 0 Å². The molecule has 0 unspecified atom stereocenters. The largest absolute Gasteiger partial charge is 0.444 e. The van der Waals surface area contributed by atoms with Gasteiger partial charge < -0.3 is 20.2 Å². The molecular formula is C17H16BrN3O6. The second-order valence-corrected chi connectivity index (χ2v) is 6.08. The smallest absolute Gasteiger partial charge is 0.291 e. The molecule has 3 N–H and O–H groups in total. The number of furan rings is 1. The highest BCUT2D eigenvalue weighted by molar-refractivity contribution is 9.10. The third-order valence-electron chi connectivity index (χ3n) is 3.30. The predicted molar refractivity (Wildman–Crippen MR) is 99.7 cm³/mol. The summed E-state index contributed by atoms with van der Waals surface area (Å²) < 4.78 is 5.50. The molecule has 1 heterocycles. The molecule has 0 fully saturated rings. The van der Waals surface area contributed by atoms with Crippen LogP contribution in [0.1, 0.15) is 22.5 Å². The molecular weight excluding hydrogens is 422 g/mol. The van der Waals surface area contributed by atoms with Crippen LogP contribution < -0.4 is 10.6 Å². The van der Waals surface area contributed by atoms with Crippen molar-refractivity contribution in [2.45, 2.75) is 6.42 Å². The lowest BCUT2D eigenvalue weighted by molar-refractivity contribution is -0.384. The van der Waals surface area contributed by atoms with Gasteiger partial charge in [-0.15, -0.1) is 0 Å². The molecule has 2 rings (SSSR count). The van der Waals surface area contributed by atoms with E-state index in [4.69, 9.17) is 9.52 Å². The van der Waals surface area contributed by atoms with Crippen molar-refractivity contribution in [3.63, 3.8) is 0 Å². The first-order chi connectivity index (χ1) is 12.9. The Morgan fingerprint density at radius 1 is 1.30 bits per heavy atom. The van der Waals surface area contributed by atoms with Crippen LogP contribution in [0.2, 0.25) is 0 Å². The van der Waals surface area contributed by atoms with Gasteiger partial charge in [-0.1, -0.05) is 12.1 Å². The van der Waals surface area contributed by atoms with E-state index in [0.29, 0.717) is 16.7 Å². The van der Waals surface area contributed by atoms with Crippen LogP contribution in [0.25, 0.3) is 6.08 Å². The van der Waals surface area contributed by atoms with Crippen LogP contribution in [-0.4, -0.2) is 35.0 Å². The van der Waals surface area contributed by atoms with E-state index < -0.39 is 16.7 Å². The Morgan fingerprint density at radius 3 is 2.70 bits per heavy atom. The highest BCUT2D eigenvalue weighted by atomic mass is 79.9. The van der Waals surface area contributed by atoms with Gasteiger partial charge >= 0.3 is 0 Å². The molecule has 0 saturated carbocycles. The quantitative estimate of drug-likeness (QED) is 0.250. The van der Waals surface area contributed by atoms with E-state index in [2.05, 4.69) is 26.6 Å². The summed E-state index contributed by atoms with van der Waals surface area (Å²) in [5.41, 5.74) is 0.0912. The van der Waals surface area contributed by atoms with E-state index in [1.165, 1.54) is 36.4 Å². The molecule has 1 aromatic carbocycles. The molecule has 0 aliphatic carbocycles. The van der Waals surface area contributed by atoms with Crippen LogP contribution in [0.15, 0.2) is 51.2 Å². The molecule has 0 spiro atoms. The Kier molecular flexibility index (Phi) is 7.26. The number of nitro groups is 1. The zero-order valence-electron chi connectivity index (χ0n) is 14.0. The average Bonchev–Trinajstić information content (AvgIpc) is 3.08. The number of hydrogen-bond acceptors (Lipinski definition) is 6. The van der Waals surface area contributed by atoms with Gasteiger partial charge in [-0.25, -0.2) is 0 Å². The zero-order valence-corrected chi connectivity index (χ0v) is 15.6. The second-order valence-electron chi connectivity index (χ2n) is 5.30. The molecule has 1 aromatic heterocycles. The van der Waals surface area contributed by atoms with Gasteiger partial charge in [0.15, 0.2) is 10.4 Å². The lowest BCUT2D eigenvalue weighted by Crippen LogP contribution is -2.35. The summed E-state index contributed by atoms with van der Waals surface area (Å²) in [4.78, 5) is 35.0. The number of non-ortho nitro benzene ring substituents is 1. The van der Waals surface area contributed by atoms with Crippen molar-refractivity contribution in [1.29, 1.82) is 0 Å². The number of nitrogens with zero attached hydrogens (tertiary/aromatic N) is 1. The molecule has 142 valence electrons. The fraction of sp³-hybridized carbons (Fsp3) is 0.176. The highest BCUT2D eigenvalue weighted by Gasteiger charge is 2.17. The normalized spacial score (nSPS) is 11.1. The first kappa shape index (κ1) is 20.3. The minimum atomic E-state index is -0.658. The van der Waals surface area contributed by atoms with Crippen LogP contribution in [-0.2, 0) is 4.79 Å². The summed E-state index contributed by atoms with van der Waals surface area (Å²) in [7, 11) is 0. The van der Waals surface area contributed by atoms with Crippen molar-refractivity contribution in [2.75, 3.05) is 13.2 Å². The number of amides is 2. The highest BCUT2D eigenvalue weighted by Crippen LogP contribution is 2.17. The molecule has 9 nitrogen and oxygen atoms in total. The number of nitrogens with one attached hydrogen (secondary N) is 2. The molecule has 0 bridgehead atoms. The second kappa shape index (κ2) is 9.64. The van der Waals surface area contributed by atoms with Gasteiger partial charge in [0.2, 0.25) is 0 Å². The molecule has 27 heavy (non-hydrogen) atoms. The standard InChI is InChI=1S/C17H16BrN3O6/c18-15-6-5-14(27-15)17(24)20-13(16(23)19-7-2-8-22)10-11-3-1-4-12(9-11)21(25)26/h1,3-6,9-10,22H,2,7-8H2,(H,19,23)(H,20,24)/b13-10+. The number of halogens is 1. The van der Waals surface area contributed by atoms with E-state index in [1.807, 2.05) is 0 Å². The van der Waals surface area contributed by atoms with Crippen molar-refractivity contribution in [3.05, 3.63) is 68.2 Å². The lowest BCUT2D eigenvalue weighted by atomic mass is 10.1. The van der Waals surface area contributed by atoms with Crippen LogP contribution in [0.4, 0.5) is 5.69 Å². The number of aliphatic hydroxyl groups excluding tert-OH is 1. The maximum Gasteiger partial charge on any atom is 0.291 e. The summed E-state index contributed by atoms with van der Waals surface area (Å²) in [5, 5.41) is 24.7. The summed E-state index contributed by atoms with van der Waals surface area (Å²) in [6, 6.07) is 8.57. The van der Waals surface area contributed by atoms with Gasteiger partial charge in [0, 0.05) is 25.3 Å². The number of benzene rings is 1. The molecule has 2 aromatic rings. The van der Waals surface area contributed by atoms with Crippen LogP contribution in [0, 0.1) is 10.1 Å². The van der Waals surface area contributed by atoms with E-state index in [1.54, 1.807) is 6.07 Å². The molecule has 2 amide bonds. The first-order valence-electron chi connectivity index (χ1n) is 7.82. The monoisotopic (exact) mass is 437 g/mol. The Hall–Kier alpha value is -2.98. The Labute approximate surface area is 162 Å². The van der Waals surface area contributed by atoms with Crippen molar-refractivity contribution < 1.29 is 24.0 Å². The molecule has 0 aliphatic rings. The van der Waals surface area contributed by atoms with Crippen molar-refractivity contribution in [3.8, 4) is 0 Å². The molecule has 0 radical (unpaired) electrons. The SMILES string of the molecule is O=C(NCCCO)/C(=C\c1cccc([N+](=O)[O-])c1)NC(=O)c1ccc(Br)o1. The van der Waals surface area contributed by atoms with Gasteiger partial charge in [0.05, 0.1) is 4.92 Å². The minimum Gasteiger partial charge on any atom is -0.444 e. The van der Waals surface area contributed by atoms with Crippen LogP contribution in [0.3, 0.4) is 0 Å². The number of nitro benzene ring substituents is 1. The Morgan fingerprint density at radius 2 is 2.07 bits per heavy atom. The molecule has 0 atom stereocenters. The Bertz CT molecular complexity index is 877. The number of carbonyl (C=O) groups excluding carboxylic acids is 2. The number of hydrogen-bond donors (Lipinski definition) is 3. The van der Waals surface area contributed by atoms with Crippen molar-refractivity contribution in [1.82, 2.24) is 10.6 Å². The van der Waals surface area contributed by atoms with Crippen molar-refractivity contribution in [2.24, 2.45) is 0 Å². The van der Waals surface area contributed by atoms with Crippen LogP contribution in [0.5, 0.6) is 0 Å². The zero-order chi connectivity index (χ0) is 19.8. The van der Waals surface area contributed by atoms with Gasteiger partial charge in [0.1, 0.15) is 5.70 Å². The Balaban J connectivity index is 2.28. The third-order valence-corrected chi connectivity index (χ3v) is 3.73. The third kappa shape index (κ3) is 6.04. The number of rotatable bonds is 8. The summed E-state index contributed by atoms with van der Waals surface area (Å²) >= 11 is 3.08. The lowest BCUT2D eigenvalue weighted by Gasteiger charge is -2.10. The van der Waals surface area contributed by atoms with Gasteiger partial charge in [-0.3, -0.25) is 19.7 Å². The first-order valence-corrected chi connectivity index (χ1v) is 8.62. The van der Waals surface area contributed by atoms with Crippen LogP contribution >= 0.6 is 15.9 Å². The van der Waals surface area contributed by atoms with Gasteiger partial charge in [-0.2, -0.15) is 0 Å². The summed E-state index contributed by atoms with van der Waals surface area (Å²) in [6.45, 7) is 0.0980. The predicted octanol–water partition coefficient (Wildman–Crippen LogP) is 2.22. The maximum atomic E-state index is 12.4. The minimum absolute atomic E-state index is 0.0185. The van der Waals surface area contributed by atoms with Crippen molar-refractivity contribution >= 4 is 39.5 Å². The number of carbonyl (C=O) groups is 2. The summed E-state index contributed by atoms with van der Waals surface area (Å²) in [5.74, 6) is -1.28. The van der Waals surface area contributed by atoms with Gasteiger partial charge in [0.25, 0.3) is 17.5 Å². The molecule has 0 aliphatic heterocycles. The molecule has 10 heteroatoms.